The van der Waals surface area contributed by atoms with Crippen molar-refractivity contribution in [2.45, 2.75) is 43.9 Å². The number of carbonyl (C=O) groups excluding carboxylic acids is 3. The fourth-order valence-corrected chi connectivity index (χ4v) is 4.52. The lowest BCUT2D eigenvalue weighted by atomic mass is 9.92. The van der Waals surface area contributed by atoms with Crippen molar-refractivity contribution >= 4 is 35.1 Å². The molecular formula is C24H27ClFN5O3. The van der Waals surface area contributed by atoms with Crippen LogP contribution in [0.3, 0.4) is 0 Å². The van der Waals surface area contributed by atoms with Gasteiger partial charge in [-0.3, -0.25) is 14.5 Å². The molecule has 0 radical (unpaired) electrons. The molecule has 1 aliphatic heterocycles. The van der Waals surface area contributed by atoms with Gasteiger partial charge >= 0.3 is 6.03 Å². The number of nitrogens with zero attached hydrogens (tertiary/aromatic N) is 2. The summed E-state index contributed by atoms with van der Waals surface area (Å²) in [5, 5.41) is 6.10. The first-order valence-corrected chi connectivity index (χ1v) is 11.7. The Balaban J connectivity index is 1.55. The predicted molar refractivity (Wildman–Crippen MR) is 127 cm³/mol. The highest BCUT2D eigenvalue weighted by molar-refractivity contribution is 6.30. The Morgan fingerprint density at radius 3 is 2.32 bits per heavy atom. The molecule has 1 saturated heterocycles. The molecule has 34 heavy (non-hydrogen) atoms. The lowest BCUT2D eigenvalue weighted by Crippen LogP contribution is -2.56. The largest absolute Gasteiger partial charge is 0.350 e. The third kappa shape index (κ3) is 5.48. The van der Waals surface area contributed by atoms with Crippen LogP contribution >= 0.6 is 11.6 Å². The number of carbonyl (C=O) groups is 3. The maximum absolute atomic E-state index is 13.6. The first-order chi connectivity index (χ1) is 16.3. The second-order valence-electron chi connectivity index (χ2n) is 8.63. The van der Waals surface area contributed by atoms with Crippen LogP contribution in [0.4, 0.5) is 14.9 Å². The van der Waals surface area contributed by atoms with Gasteiger partial charge in [-0.25, -0.2) is 9.18 Å². The van der Waals surface area contributed by atoms with Crippen LogP contribution in [-0.2, 0) is 4.79 Å². The molecule has 0 aromatic heterocycles. The molecule has 2 aliphatic rings. The number of anilines is 1. The van der Waals surface area contributed by atoms with Crippen LogP contribution in [0.2, 0.25) is 5.02 Å². The Kier molecular flexibility index (Phi) is 7.33. The van der Waals surface area contributed by atoms with E-state index in [1.807, 2.05) is 0 Å². The second kappa shape index (κ2) is 10.4. The quantitative estimate of drug-likeness (QED) is 0.615. The lowest BCUT2D eigenvalue weighted by molar-refractivity contribution is -0.128. The number of hydrogen-bond acceptors (Lipinski definition) is 4. The number of amides is 4. The summed E-state index contributed by atoms with van der Waals surface area (Å²) in [5.74, 6) is -1.32. The zero-order valence-corrected chi connectivity index (χ0v) is 19.3. The molecule has 180 valence electrons. The summed E-state index contributed by atoms with van der Waals surface area (Å²) in [4.78, 5) is 42.4. The standard InChI is InChI=1S/C24H27ClFN5O3/c25-16-6-4-15(5-7-16)23(33)30-12-13-31(24(34)29-20-3-1-2-17(26)14-20)22(30)21(32)28-19-10-8-18(27)9-11-19/h1-7,14,18-19,22H,8-13,27H2,(H,28,32)(H,29,34). The molecule has 10 heteroatoms. The van der Waals surface area contributed by atoms with Crippen LogP contribution in [0.15, 0.2) is 48.5 Å². The van der Waals surface area contributed by atoms with Crippen molar-refractivity contribution in [2.75, 3.05) is 18.4 Å². The molecule has 2 fully saturated rings. The van der Waals surface area contributed by atoms with E-state index in [1.165, 1.54) is 28.0 Å². The monoisotopic (exact) mass is 487 g/mol. The van der Waals surface area contributed by atoms with Crippen molar-refractivity contribution in [2.24, 2.45) is 5.73 Å². The molecule has 8 nitrogen and oxygen atoms in total. The summed E-state index contributed by atoms with van der Waals surface area (Å²) in [6, 6.07) is 11.3. The van der Waals surface area contributed by atoms with E-state index in [0.717, 1.165) is 25.7 Å². The Morgan fingerprint density at radius 1 is 0.971 bits per heavy atom. The summed E-state index contributed by atoms with van der Waals surface area (Å²) in [6.07, 6.45) is 1.92. The predicted octanol–water partition coefficient (Wildman–Crippen LogP) is 3.18. The van der Waals surface area contributed by atoms with Crippen molar-refractivity contribution < 1.29 is 18.8 Å². The zero-order valence-electron chi connectivity index (χ0n) is 18.5. The smallest absolute Gasteiger partial charge is 0.323 e. The van der Waals surface area contributed by atoms with Gasteiger partial charge in [0, 0.05) is 41.4 Å². The first-order valence-electron chi connectivity index (χ1n) is 11.3. The lowest BCUT2D eigenvalue weighted by Gasteiger charge is -2.32. The SMILES string of the molecule is NC1CCC(NC(=O)C2N(C(=O)Nc3cccc(F)c3)CCN2C(=O)c2ccc(Cl)cc2)CC1. The number of nitrogens with two attached hydrogens (primary N) is 1. The van der Waals surface area contributed by atoms with E-state index < -0.39 is 23.9 Å². The van der Waals surface area contributed by atoms with Gasteiger partial charge in [-0.1, -0.05) is 17.7 Å². The van der Waals surface area contributed by atoms with Gasteiger partial charge in [-0.2, -0.15) is 0 Å². The summed E-state index contributed by atoms with van der Waals surface area (Å²) in [6.45, 7) is 0.319. The van der Waals surface area contributed by atoms with Gasteiger partial charge in [0.05, 0.1) is 0 Å². The Bertz CT molecular complexity index is 1060. The Labute approximate surface area is 202 Å². The second-order valence-corrected chi connectivity index (χ2v) is 9.07. The maximum atomic E-state index is 13.6. The molecule has 0 spiro atoms. The molecule has 2 aromatic rings. The summed E-state index contributed by atoms with van der Waals surface area (Å²) < 4.78 is 13.6. The highest BCUT2D eigenvalue weighted by Crippen LogP contribution is 2.23. The minimum atomic E-state index is -1.15. The molecule has 1 atom stereocenters. The van der Waals surface area contributed by atoms with E-state index in [2.05, 4.69) is 10.6 Å². The van der Waals surface area contributed by atoms with E-state index in [9.17, 15) is 18.8 Å². The Hall–Kier alpha value is -3.17. The first kappa shape index (κ1) is 24.0. The van der Waals surface area contributed by atoms with Crippen LogP contribution in [-0.4, -0.2) is 59.0 Å². The van der Waals surface area contributed by atoms with Gasteiger partial charge in [-0.05, 0) is 68.1 Å². The molecule has 2 aromatic carbocycles. The van der Waals surface area contributed by atoms with Crippen molar-refractivity contribution in [3.63, 3.8) is 0 Å². The van der Waals surface area contributed by atoms with E-state index in [-0.39, 0.29) is 36.8 Å². The molecular weight excluding hydrogens is 461 g/mol. The van der Waals surface area contributed by atoms with E-state index >= 15 is 0 Å². The van der Waals surface area contributed by atoms with Crippen molar-refractivity contribution in [1.82, 2.24) is 15.1 Å². The van der Waals surface area contributed by atoms with Crippen LogP contribution in [0, 0.1) is 5.82 Å². The Morgan fingerprint density at radius 2 is 1.65 bits per heavy atom. The number of nitrogens with one attached hydrogen (secondary N) is 2. The zero-order chi connectivity index (χ0) is 24.2. The van der Waals surface area contributed by atoms with E-state index in [1.54, 1.807) is 30.3 Å². The van der Waals surface area contributed by atoms with Crippen molar-refractivity contribution in [3.05, 3.63) is 64.9 Å². The van der Waals surface area contributed by atoms with Crippen LogP contribution < -0.4 is 16.4 Å². The molecule has 4 amide bonds. The van der Waals surface area contributed by atoms with Gasteiger partial charge in [0.2, 0.25) is 0 Å². The minimum absolute atomic E-state index is 0.0754. The molecule has 1 heterocycles. The van der Waals surface area contributed by atoms with Gasteiger partial charge < -0.3 is 21.3 Å². The molecule has 4 rings (SSSR count). The van der Waals surface area contributed by atoms with Gasteiger partial charge in [0.1, 0.15) is 5.82 Å². The van der Waals surface area contributed by atoms with Gasteiger partial charge in [-0.15, -0.1) is 0 Å². The normalized spacial score (nSPS) is 22.4. The van der Waals surface area contributed by atoms with E-state index in [0.29, 0.717) is 10.6 Å². The molecule has 0 bridgehead atoms. The average molecular weight is 488 g/mol. The molecule has 1 unspecified atom stereocenters. The van der Waals surface area contributed by atoms with Crippen molar-refractivity contribution in [3.8, 4) is 0 Å². The third-order valence-electron chi connectivity index (χ3n) is 6.21. The van der Waals surface area contributed by atoms with Crippen molar-refractivity contribution in [1.29, 1.82) is 0 Å². The highest BCUT2D eigenvalue weighted by atomic mass is 35.5. The van der Waals surface area contributed by atoms with Gasteiger partial charge in [0.25, 0.3) is 11.8 Å². The third-order valence-corrected chi connectivity index (χ3v) is 6.47. The van der Waals surface area contributed by atoms with Gasteiger partial charge in [0.15, 0.2) is 6.17 Å². The molecule has 1 aliphatic carbocycles. The minimum Gasteiger partial charge on any atom is -0.350 e. The van der Waals surface area contributed by atoms with E-state index in [4.69, 9.17) is 17.3 Å². The number of rotatable bonds is 4. The fourth-order valence-electron chi connectivity index (χ4n) is 4.40. The average Bonchev–Trinajstić information content (AvgIpc) is 3.26. The number of hydrogen-bond donors (Lipinski definition) is 3. The summed E-state index contributed by atoms with van der Waals surface area (Å²) in [7, 11) is 0. The fraction of sp³-hybridized carbons (Fsp3) is 0.375. The highest BCUT2D eigenvalue weighted by Gasteiger charge is 2.43. The number of halogens is 2. The summed E-state index contributed by atoms with van der Waals surface area (Å²) >= 11 is 5.94. The number of benzene rings is 2. The summed E-state index contributed by atoms with van der Waals surface area (Å²) in [5.41, 5.74) is 6.59. The molecule has 4 N–H and O–H groups in total. The molecule has 1 saturated carbocycles. The number of urea groups is 1. The maximum Gasteiger partial charge on any atom is 0.323 e. The van der Waals surface area contributed by atoms with Crippen LogP contribution in [0.5, 0.6) is 0 Å². The van der Waals surface area contributed by atoms with Crippen LogP contribution in [0.25, 0.3) is 0 Å². The topological polar surface area (TPSA) is 108 Å². The van der Waals surface area contributed by atoms with Crippen LogP contribution in [0.1, 0.15) is 36.0 Å².